The fourth-order valence-electron chi connectivity index (χ4n) is 1.17. The summed E-state index contributed by atoms with van der Waals surface area (Å²) in [6.45, 7) is -0.837. The van der Waals surface area contributed by atoms with Crippen molar-refractivity contribution in [2.45, 2.75) is 6.42 Å². The van der Waals surface area contributed by atoms with Gasteiger partial charge in [0, 0.05) is 19.1 Å². The molecule has 14 heavy (non-hydrogen) atoms. The second kappa shape index (κ2) is 4.84. The van der Waals surface area contributed by atoms with Gasteiger partial charge in [0.25, 0.3) is 0 Å². The van der Waals surface area contributed by atoms with E-state index in [1.165, 1.54) is 0 Å². The van der Waals surface area contributed by atoms with E-state index in [2.05, 4.69) is 6.58 Å². The maximum absolute atomic E-state index is 12.0. The Balaban J connectivity index is 2.11. The van der Waals surface area contributed by atoms with Crippen molar-refractivity contribution in [1.82, 2.24) is 0 Å². The topological polar surface area (TPSA) is 18.5 Å². The van der Waals surface area contributed by atoms with Gasteiger partial charge in [-0.2, -0.15) is 0 Å². The van der Waals surface area contributed by atoms with E-state index >= 15 is 0 Å². The molecule has 0 radical (unpaired) electrons. The Morgan fingerprint density at radius 3 is 2.71 bits per heavy atom. The zero-order chi connectivity index (χ0) is 10.6. The molecule has 1 aliphatic rings. The molecule has 0 aromatic heterocycles. The molecule has 2 nitrogen and oxygen atoms in total. The lowest BCUT2D eigenvalue weighted by Gasteiger charge is -2.18. The summed E-state index contributed by atoms with van der Waals surface area (Å²) in [6, 6.07) is 0. The Labute approximate surface area is 81.1 Å². The van der Waals surface area contributed by atoms with Crippen molar-refractivity contribution in [3.63, 3.8) is 0 Å². The highest BCUT2D eigenvalue weighted by molar-refractivity contribution is 6.66. The summed E-state index contributed by atoms with van der Waals surface area (Å²) in [5.41, 5.74) is -0.774. The Morgan fingerprint density at radius 2 is 2.21 bits per heavy atom. The zero-order valence-corrected chi connectivity index (χ0v) is 7.85. The molecule has 1 aliphatic heterocycles. The number of hydrogen-bond donors (Lipinski definition) is 0. The molecule has 0 aromatic rings. The average Bonchev–Trinajstić information content (AvgIpc) is 2.55. The molecule has 0 N–H and O–H groups in total. The van der Waals surface area contributed by atoms with E-state index in [4.69, 9.17) is 9.47 Å². The predicted octanol–water partition coefficient (Wildman–Crippen LogP) is 1.98. The van der Waals surface area contributed by atoms with Crippen molar-refractivity contribution >= 4 is 6.98 Å². The molecule has 1 fully saturated rings. The molecule has 0 bridgehead atoms. The minimum Gasteiger partial charge on any atom is -0.445 e. The van der Waals surface area contributed by atoms with Gasteiger partial charge >= 0.3 is 6.98 Å². The van der Waals surface area contributed by atoms with Gasteiger partial charge < -0.3 is 22.4 Å². The quantitative estimate of drug-likeness (QED) is 0.644. The van der Waals surface area contributed by atoms with Gasteiger partial charge in [0.05, 0.1) is 13.2 Å². The first kappa shape index (κ1) is 11.6. The first-order valence-electron chi connectivity index (χ1n) is 4.53. The van der Waals surface area contributed by atoms with Crippen LogP contribution in [0.1, 0.15) is 6.42 Å². The van der Waals surface area contributed by atoms with E-state index < -0.39 is 19.1 Å². The second-order valence-electron chi connectivity index (χ2n) is 3.48. The van der Waals surface area contributed by atoms with Gasteiger partial charge in [-0.25, -0.2) is 0 Å². The number of rotatable bonds is 5. The molecule has 1 heterocycles. The third-order valence-corrected chi connectivity index (χ3v) is 2.13. The van der Waals surface area contributed by atoms with E-state index in [0.29, 0.717) is 19.8 Å². The molecule has 1 saturated heterocycles. The molecule has 1 rings (SSSR count). The lowest BCUT2D eigenvalue weighted by molar-refractivity contribution is 0.105. The molecule has 0 aromatic carbocycles. The third kappa shape index (κ3) is 3.71. The Hall–Kier alpha value is -0.485. The van der Waals surface area contributed by atoms with Crippen LogP contribution in [0, 0.1) is 5.92 Å². The maximum Gasteiger partial charge on any atom is 0.507 e. The molecule has 0 saturated carbocycles. The fourth-order valence-corrected chi connectivity index (χ4v) is 1.17. The summed E-state index contributed by atoms with van der Waals surface area (Å²) in [7, 11) is 0. The highest BCUT2D eigenvalue weighted by atomic mass is 19.4. The van der Waals surface area contributed by atoms with Gasteiger partial charge in [-0.1, -0.05) is 0 Å². The van der Waals surface area contributed by atoms with Crippen molar-refractivity contribution < 1.29 is 22.4 Å². The number of ether oxygens (including phenoxy) is 2. The molecular formula is C8H13BF3O2-. The van der Waals surface area contributed by atoms with E-state index in [1.54, 1.807) is 0 Å². The third-order valence-electron chi connectivity index (χ3n) is 2.13. The summed E-state index contributed by atoms with van der Waals surface area (Å²) in [6.07, 6.45) is 0.865. The Morgan fingerprint density at radius 1 is 1.50 bits per heavy atom. The average molecular weight is 209 g/mol. The fraction of sp³-hybridized carbons (Fsp3) is 0.750. The van der Waals surface area contributed by atoms with Gasteiger partial charge in [0.2, 0.25) is 0 Å². The molecule has 1 atom stereocenters. The number of halogens is 3. The molecule has 0 aliphatic carbocycles. The molecule has 82 valence electrons. The van der Waals surface area contributed by atoms with Crippen molar-refractivity contribution in [1.29, 1.82) is 0 Å². The van der Waals surface area contributed by atoms with Gasteiger partial charge in [0.1, 0.15) is 0 Å². The van der Waals surface area contributed by atoms with E-state index in [1.807, 2.05) is 0 Å². The minimum absolute atomic E-state index is 0.239. The largest absolute Gasteiger partial charge is 0.507 e. The van der Waals surface area contributed by atoms with Crippen molar-refractivity contribution in [2.24, 2.45) is 5.92 Å². The van der Waals surface area contributed by atoms with Crippen LogP contribution in [0.2, 0.25) is 0 Å². The molecular weight excluding hydrogens is 196 g/mol. The van der Waals surface area contributed by atoms with Crippen LogP contribution in [0.25, 0.3) is 0 Å². The minimum atomic E-state index is -4.95. The SMILES string of the molecule is C=C(COCC1CCOC1)[B-](F)(F)F. The first-order chi connectivity index (χ1) is 6.50. The predicted molar refractivity (Wildman–Crippen MR) is 48.0 cm³/mol. The van der Waals surface area contributed by atoms with Crippen LogP contribution in [-0.4, -0.2) is 33.4 Å². The Kier molecular flexibility index (Phi) is 4.01. The van der Waals surface area contributed by atoms with Gasteiger partial charge in [-0.15, -0.1) is 12.1 Å². The lowest BCUT2D eigenvalue weighted by Crippen LogP contribution is -2.23. The lowest BCUT2D eigenvalue weighted by atomic mass is 9.81. The standard InChI is InChI=1S/C8H13BF3O2/c1-7(9(10,11)12)4-14-6-8-2-3-13-5-8/h8H,1-6H2/q-1. The van der Waals surface area contributed by atoms with Gasteiger partial charge in [-0.3, -0.25) is 0 Å². The summed E-state index contributed by atoms with van der Waals surface area (Å²) in [5.74, 6) is 0.239. The van der Waals surface area contributed by atoms with Crippen LogP contribution < -0.4 is 0 Å². The summed E-state index contributed by atoms with van der Waals surface area (Å²) in [4.78, 5) is 0. The maximum atomic E-state index is 12.0. The monoisotopic (exact) mass is 209 g/mol. The van der Waals surface area contributed by atoms with E-state index in [-0.39, 0.29) is 5.92 Å². The van der Waals surface area contributed by atoms with E-state index in [0.717, 1.165) is 6.42 Å². The second-order valence-corrected chi connectivity index (χ2v) is 3.48. The molecule has 1 unspecified atom stereocenters. The number of hydrogen-bond acceptors (Lipinski definition) is 2. The summed E-state index contributed by atoms with van der Waals surface area (Å²) >= 11 is 0. The zero-order valence-electron chi connectivity index (χ0n) is 7.85. The normalized spacial score (nSPS) is 22.6. The van der Waals surface area contributed by atoms with E-state index in [9.17, 15) is 12.9 Å². The Bertz CT molecular complexity index is 199. The van der Waals surface area contributed by atoms with Crippen LogP contribution in [0.5, 0.6) is 0 Å². The molecule has 0 amide bonds. The van der Waals surface area contributed by atoms with Crippen LogP contribution in [-0.2, 0) is 9.47 Å². The van der Waals surface area contributed by atoms with Crippen molar-refractivity contribution in [2.75, 3.05) is 26.4 Å². The van der Waals surface area contributed by atoms with Crippen LogP contribution in [0.4, 0.5) is 12.9 Å². The highest BCUT2D eigenvalue weighted by Crippen LogP contribution is 2.19. The van der Waals surface area contributed by atoms with Crippen molar-refractivity contribution in [3.8, 4) is 0 Å². The smallest absolute Gasteiger partial charge is 0.445 e. The molecule has 0 spiro atoms. The highest BCUT2D eigenvalue weighted by Gasteiger charge is 2.26. The van der Waals surface area contributed by atoms with Gasteiger partial charge in [0.15, 0.2) is 0 Å². The van der Waals surface area contributed by atoms with Crippen LogP contribution in [0.3, 0.4) is 0 Å². The summed E-state index contributed by atoms with van der Waals surface area (Å²) < 4.78 is 46.0. The van der Waals surface area contributed by atoms with Crippen LogP contribution in [0.15, 0.2) is 12.1 Å². The van der Waals surface area contributed by atoms with Crippen LogP contribution >= 0.6 is 0 Å². The summed E-state index contributed by atoms with van der Waals surface area (Å²) in [5, 5.41) is 0. The van der Waals surface area contributed by atoms with Gasteiger partial charge in [-0.05, 0) is 6.42 Å². The first-order valence-corrected chi connectivity index (χ1v) is 4.53. The molecule has 6 heteroatoms. The van der Waals surface area contributed by atoms with Crippen molar-refractivity contribution in [3.05, 3.63) is 12.1 Å².